The molecule has 3 nitrogen and oxygen atoms in total. The van der Waals surface area contributed by atoms with E-state index in [9.17, 15) is 0 Å². The van der Waals surface area contributed by atoms with Crippen LogP contribution in [0.1, 0.15) is 43.7 Å². The van der Waals surface area contributed by atoms with Crippen LogP contribution >= 0.6 is 0 Å². The molecule has 0 spiro atoms. The second-order valence-corrected chi connectivity index (χ2v) is 6.24. The van der Waals surface area contributed by atoms with Crippen molar-refractivity contribution in [2.45, 2.75) is 51.7 Å². The molecule has 0 N–H and O–H groups in total. The number of fused-ring (bicyclic) bond motifs is 1. The van der Waals surface area contributed by atoms with E-state index in [0.29, 0.717) is 6.10 Å². The fourth-order valence-electron chi connectivity index (χ4n) is 3.33. The van der Waals surface area contributed by atoms with E-state index in [0.717, 1.165) is 44.9 Å². The molecule has 2 aliphatic heterocycles. The summed E-state index contributed by atoms with van der Waals surface area (Å²) in [6, 6.07) is 6.70. The van der Waals surface area contributed by atoms with E-state index >= 15 is 0 Å². The van der Waals surface area contributed by atoms with Crippen LogP contribution in [0.15, 0.2) is 18.2 Å². The van der Waals surface area contributed by atoms with Crippen LogP contribution in [0.25, 0.3) is 0 Å². The monoisotopic (exact) mass is 289 g/mol. The largest absolute Gasteiger partial charge is 0.493 e. The summed E-state index contributed by atoms with van der Waals surface area (Å²) >= 11 is 0. The number of ether oxygens (including phenoxy) is 2. The number of hydrogen-bond acceptors (Lipinski definition) is 3. The van der Waals surface area contributed by atoms with Gasteiger partial charge >= 0.3 is 0 Å². The highest BCUT2D eigenvalue weighted by atomic mass is 16.5. The van der Waals surface area contributed by atoms with Crippen molar-refractivity contribution in [3.05, 3.63) is 29.3 Å². The summed E-state index contributed by atoms with van der Waals surface area (Å²) in [4.78, 5) is 2.58. The summed E-state index contributed by atoms with van der Waals surface area (Å²) in [5.41, 5.74) is 2.80. The van der Waals surface area contributed by atoms with E-state index in [1.165, 1.54) is 36.9 Å². The summed E-state index contributed by atoms with van der Waals surface area (Å²) in [6.45, 7) is 7.35. The van der Waals surface area contributed by atoms with Crippen LogP contribution in [0.4, 0.5) is 0 Å². The smallest absolute Gasteiger partial charge is 0.122 e. The average molecular weight is 289 g/mol. The zero-order valence-electron chi connectivity index (χ0n) is 13.1. The average Bonchev–Trinajstić information content (AvgIpc) is 2.85. The van der Waals surface area contributed by atoms with E-state index in [-0.39, 0.29) is 0 Å². The van der Waals surface area contributed by atoms with Gasteiger partial charge in [0, 0.05) is 26.1 Å². The Hall–Kier alpha value is -1.06. The second-order valence-electron chi connectivity index (χ2n) is 6.24. The molecule has 0 radical (unpaired) electrons. The maximum absolute atomic E-state index is 5.93. The van der Waals surface area contributed by atoms with E-state index in [4.69, 9.17) is 9.47 Å². The summed E-state index contributed by atoms with van der Waals surface area (Å²) in [5, 5.41) is 0. The van der Waals surface area contributed by atoms with Gasteiger partial charge in [0.05, 0.1) is 12.7 Å². The van der Waals surface area contributed by atoms with Crippen molar-refractivity contribution in [2.75, 3.05) is 26.3 Å². The van der Waals surface area contributed by atoms with Crippen LogP contribution in [0, 0.1) is 0 Å². The van der Waals surface area contributed by atoms with Crippen LogP contribution < -0.4 is 4.74 Å². The third-order valence-electron chi connectivity index (χ3n) is 4.49. The second kappa shape index (κ2) is 7.28. The van der Waals surface area contributed by atoms with Crippen LogP contribution in [0.5, 0.6) is 5.75 Å². The predicted molar refractivity (Wildman–Crippen MR) is 84.8 cm³/mol. The van der Waals surface area contributed by atoms with E-state index in [2.05, 4.69) is 30.0 Å². The van der Waals surface area contributed by atoms with E-state index in [1.807, 2.05) is 0 Å². The van der Waals surface area contributed by atoms with Gasteiger partial charge in [-0.3, -0.25) is 4.90 Å². The van der Waals surface area contributed by atoms with Crippen LogP contribution in [-0.4, -0.2) is 37.3 Å². The Morgan fingerprint density at radius 1 is 1.29 bits per heavy atom. The summed E-state index contributed by atoms with van der Waals surface area (Å²) in [7, 11) is 0. The Labute approximate surface area is 128 Å². The number of nitrogens with zero attached hydrogens (tertiary/aromatic N) is 1. The first-order chi connectivity index (χ1) is 10.3. The molecule has 1 atom stereocenters. The first kappa shape index (κ1) is 14.9. The van der Waals surface area contributed by atoms with Crippen LogP contribution in [-0.2, 0) is 17.7 Å². The molecule has 2 heterocycles. The SMILES string of the molecule is CCCOC1CCCN(Cc2ccc3c(c2)CCO3)CC1. The van der Waals surface area contributed by atoms with Gasteiger partial charge in [0.15, 0.2) is 0 Å². The molecule has 3 rings (SSSR count). The molecule has 3 heteroatoms. The summed E-state index contributed by atoms with van der Waals surface area (Å²) < 4.78 is 11.5. The minimum atomic E-state index is 0.475. The maximum Gasteiger partial charge on any atom is 0.122 e. The Kier molecular flexibility index (Phi) is 5.15. The van der Waals surface area contributed by atoms with Gasteiger partial charge in [0.2, 0.25) is 0 Å². The lowest BCUT2D eigenvalue weighted by molar-refractivity contribution is 0.0437. The van der Waals surface area contributed by atoms with Crippen molar-refractivity contribution < 1.29 is 9.47 Å². The van der Waals surface area contributed by atoms with Gasteiger partial charge in [-0.15, -0.1) is 0 Å². The lowest BCUT2D eigenvalue weighted by atomic mass is 10.1. The zero-order chi connectivity index (χ0) is 14.5. The fraction of sp³-hybridized carbons (Fsp3) is 0.667. The molecule has 1 saturated heterocycles. The molecule has 1 unspecified atom stereocenters. The van der Waals surface area contributed by atoms with Gasteiger partial charge in [-0.25, -0.2) is 0 Å². The van der Waals surface area contributed by atoms with Crippen LogP contribution in [0.3, 0.4) is 0 Å². The van der Waals surface area contributed by atoms with Crippen molar-refractivity contribution in [1.29, 1.82) is 0 Å². The molecule has 1 fully saturated rings. The minimum absolute atomic E-state index is 0.475. The van der Waals surface area contributed by atoms with Crippen molar-refractivity contribution in [2.24, 2.45) is 0 Å². The van der Waals surface area contributed by atoms with Gasteiger partial charge in [-0.1, -0.05) is 19.1 Å². The van der Waals surface area contributed by atoms with Crippen LogP contribution in [0.2, 0.25) is 0 Å². The van der Waals surface area contributed by atoms with Crippen molar-refractivity contribution in [3.63, 3.8) is 0 Å². The number of rotatable bonds is 5. The lowest BCUT2D eigenvalue weighted by Crippen LogP contribution is -2.25. The molecule has 21 heavy (non-hydrogen) atoms. The molecule has 1 aromatic rings. The van der Waals surface area contributed by atoms with Crippen molar-refractivity contribution in [1.82, 2.24) is 4.90 Å². The Morgan fingerprint density at radius 3 is 3.14 bits per heavy atom. The Bertz CT molecular complexity index is 461. The van der Waals surface area contributed by atoms with Gasteiger partial charge in [0.1, 0.15) is 5.75 Å². The molecule has 0 bridgehead atoms. The van der Waals surface area contributed by atoms with E-state index < -0.39 is 0 Å². The zero-order valence-corrected chi connectivity index (χ0v) is 13.1. The fourth-order valence-corrected chi connectivity index (χ4v) is 3.33. The number of likely N-dealkylation sites (tertiary alicyclic amines) is 1. The first-order valence-corrected chi connectivity index (χ1v) is 8.43. The topological polar surface area (TPSA) is 21.7 Å². The van der Waals surface area contributed by atoms with Gasteiger partial charge in [0.25, 0.3) is 0 Å². The molecule has 0 aromatic heterocycles. The molecular weight excluding hydrogens is 262 g/mol. The maximum atomic E-state index is 5.93. The van der Waals surface area contributed by atoms with Crippen molar-refractivity contribution >= 4 is 0 Å². The van der Waals surface area contributed by atoms with Crippen molar-refractivity contribution in [3.8, 4) is 5.75 Å². The highest BCUT2D eigenvalue weighted by Gasteiger charge is 2.18. The highest BCUT2D eigenvalue weighted by molar-refractivity contribution is 5.39. The molecular formula is C18H27NO2. The first-order valence-electron chi connectivity index (χ1n) is 8.43. The van der Waals surface area contributed by atoms with Gasteiger partial charge in [-0.2, -0.15) is 0 Å². The standard InChI is InChI=1S/C18H27NO2/c1-2-11-20-17-4-3-9-19(10-7-17)14-15-5-6-18-16(13-15)8-12-21-18/h5-6,13,17H,2-4,7-12,14H2,1H3. The lowest BCUT2D eigenvalue weighted by Gasteiger charge is -2.20. The molecule has 0 saturated carbocycles. The predicted octanol–water partition coefficient (Wildman–Crippen LogP) is 3.40. The van der Waals surface area contributed by atoms with Gasteiger partial charge in [-0.05, 0) is 49.4 Å². The number of benzene rings is 1. The number of hydrogen-bond donors (Lipinski definition) is 0. The Morgan fingerprint density at radius 2 is 2.24 bits per heavy atom. The normalized spacial score (nSPS) is 22.6. The molecule has 1 aromatic carbocycles. The molecule has 2 aliphatic rings. The summed E-state index contributed by atoms with van der Waals surface area (Å²) in [5.74, 6) is 1.09. The molecule has 0 amide bonds. The third kappa shape index (κ3) is 3.98. The van der Waals surface area contributed by atoms with Gasteiger partial charge < -0.3 is 9.47 Å². The quantitative estimate of drug-likeness (QED) is 0.829. The third-order valence-corrected chi connectivity index (χ3v) is 4.49. The minimum Gasteiger partial charge on any atom is -0.493 e. The highest BCUT2D eigenvalue weighted by Crippen LogP contribution is 2.26. The molecule has 0 aliphatic carbocycles. The summed E-state index contributed by atoms with van der Waals surface area (Å²) in [6.07, 6.45) is 6.31. The Balaban J connectivity index is 1.53. The van der Waals surface area contributed by atoms with E-state index in [1.54, 1.807) is 0 Å². The molecule has 116 valence electrons.